The number of aromatic nitrogens is 1. The molecule has 0 spiro atoms. The molecule has 0 aliphatic heterocycles. The van der Waals surface area contributed by atoms with Crippen LogP contribution in [0.15, 0.2) is 24.4 Å². The van der Waals surface area contributed by atoms with E-state index in [0.717, 1.165) is 5.69 Å². The van der Waals surface area contributed by atoms with Gasteiger partial charge in [0, 0.05) is 12.7 Å². The summed E-state index contributed by atoms with van der Waals surface area (Å²) in [5.74, 6) is 0.691. The Morgan fingerprint density at radius 1 is 1.47 bits per heavy atom. The van der Waals surface area contributed by atoms with Gasteiger partial charge in [0.2, 0.25) is 0 Å². The van der Waals surface area contributed by atoms with Gasteiger partial charge in [-0.2, -0.15) is 0 Å². The van der Waals surface area contributed by atoms with Gasteiger partial charge in [-0.3, -0.25) is 4.98 Å². The minimum atomic E-state index is -0.488. The molecule has 5 nitrogen and oxygen atoms in total. The summed E-state index contributed by atoms with van der Waals surface area (Å²) in [6.45, 7) is 5.83. The lowest BCUT2D eigenvalue weighted by molar-refractivity contribution is 0.0534. The number of carbonyl (C=O) groups excluding carboxylic acids is 1. The fourth-order valence-electron chi connectivity index (χ4n) is 1.33. The van der Waals surface area contributed by atoms with Gasteiger partial charge < -0.3 is 14.8 Å². The number of ether oxygens (including phenoxy) is 2. The van der Waals surface area contributed by atoms with Crippen molar-refractivity contribution in [3.05, 3.63) is 30.1 Å². The summed E-state index contributed by atoms with van der Waals surface area (Å²) in [6, 6.07) is 3.63. The highest BCUT2D eigenvalue weighted by molar-refractivity contribution is 5.68. The lowest BCUT2D eigenvalue weighted by atomic mass is 10.2. The van der Waals surface area contributed by atoms with Gasteiger partial charge >= 0.3 is 6.09 Å². The van der Waals surface area contributed by atoms with E-state index < -0.39 is 11.7 Å². The van der Waals surface area contributed by atoms with Crippen molar-refractivity contribution in [2.75, 3.05) is 13.7 Å². The third-order valence-electron chi connectivity index (χ3n) is 2.06. The van der Waals surface area contributed by atoms with Gasteiger partial charge in [0.15, 0.2) is 0 Å². The van der Waals surface area contributed by atoms with E-state index in [0.29, 0.717) is 12.3 Å². The van der Waals surface area contributed by atoms with Crippen molar-refractivity contribution in [3.8, 4) is 5.75 Å². The maximum absolute atomic E-state index is 11.4. The zero-order valence-corrected chi connectivity index (χ0v) is 11.8. The van der Waals surface area contributed by atoms with Crippen LogP contribution in [0.5, 0.6) is 5.75 Å². The Hall–Kier alpha value is -2.04. The van der Waals surface area contributed by atoms with E-state index in [2.05, 4.69) is 10.3 Å². The highest BCUT2D eigenvalue weighted by atomic mass is 16.6. The predicted octanol–water partition coefficient (Wildman–Crippen LogP) is 2.63. The summed E-state index contributed by atoms with van der Waals surface area (Å²) < 4.78 is 10.3. The molecule has 0 radical (unpaired) electrons. The monoisotopic (exact) mass is 264 g/mol. The number of hydrogen-bond acceptors (Lipinski definition) is 4. The van der Waals surface area contributed by atoms with E-state index in [1.54, 1.807) is 31.5 Å². The molecule has 19 heavy (non-hydrogen) atoms. The SMILES string of the molecule is COc1cccnc1C=CCNC(=O)OC(C)(C)C. The minimum absolute atomic E-state index is 0.370. The van der Waals surface area contributed by atoms with Gasteiger partial charge in [0.25, 0.3) is 0 Å². The number of amides is 1. The van der Waals surface area contributed by atoms with Crippen molar-refractivity contribution in [3.63, 3.8) is 0 Å². The second-order valence-corrected chi connectivity index (χ2v) is 4.88. The standard InChI is InChI=1S/C14H20N2O3/c1-14(2,3)19-13(17)16-10-5-7-11-12(18-4)8-6-9-15-11/h5-9H,10H2,1-4H3,(H,16,17). The predicted molar refractivity (Wildman–Crippen MR) is 74.1 cm³/mol. The van der Waals surface area contributed by atoms with Crippen molar-refractivity contribution in [1.82, 2.24) is 10.3 Å². The van der Waals surface area contributed by atoms with E-state index in [1.807, 2.05) is 26.8 Å². The van der Waals surface area contributed by atoms with Crippen LogP contribution in [0.1, 0.15) is 26.5 Å². The summed E-state index contributed by atoms with van der Waals surface area (Å²) in [5, 5.41) is 2.63. The first-order valence-corrected chi connectivity index (χ1v) is 6.05. The van der Waals surface area contributed by atoms with Crippen LogP contribution >= 0.6 is 0 Å². The zero-order valence-electron chi connectivity index (χ0n) is 11.8. The molecule has 0 fully saturated rings. The molecule has 0 aromatic carbocycles. The van der Waals surface area contributed by atoms with Gasteiger partial charge in [-0.15, -0.1) is 0 Å². The number of pyridine rings is 1. The molecule has 0 atom stereocenters. The molecule has 1 N–H and O–H groups in total. The molecule has 0 saturated carbocycles. The van der Waals surface area contributed by atoms with Crippen LogP contribution in [-0.2, 0) is 4.74 Å². The van der Waals surface area contributed by atoms with Crippen LogP contribution in [0, 0.1) is 0 Å². The highest BCUT2D eigenvalue weighted by Gasteiger charge is 2.14. The second kappa shape index (κ2) is 6.78. The molecule has 1 aromatic heterocycles. The first-order chi connectivity index (χ1) is 8.92. The van der Waals surface area contributed by atoms with E-state index in [-0.39, 0.29) is 0 Å². The quantitative estimate of drug-likeness (QED) is 0.908. The molecule has 1 aromatic rings. The van der Waals surface area contributed by atoms with E-state index in [9.17, 15) is 4.79 Å². The van der Waals surface area contributed by atoms with Crippen LogP contribution in [0.3, 0.4) is 0 Å². The Bertz CT molecular complexity index is 450. The molecule has 0 unspecified atom stereocenters. The summed E-state index contributed by atoms with van der Waals surface area (Å²) in [6.07, 6.45) is 4.82. The zero-order chi connectivity index (χ0) is 14.3. The second-order valence-electron chi connectivity index (χ2n) is 4.88. The summed E-state index contributed by atoms with van der Waals surface area (Å²) in [4.78, 5) is 15.6. The van der Waals surface area contributed by atoms with E-state index in [4.69, 9.17) is 9.47 Å². The number of rotatable bonds is 4. The van der Waals surface area contributed by atoms with Crippen LogP contribution in [-0.4, -0.2) is 30.3 Å². The molecule has 104 valence electrons. The van der Waals surface area contributed by atoms with Gasteiger partial charge in [0.1, 0.15) is 17.0 Å². The first-order valence-electron chi connectivity index (χ1n) is 6.05. The average Bonchev–Trinajstić information content (AvgIpc) is 2.33. The van der Waals surface area contributed by atoms with Crippen LogP contribution in [0.25, 0.3) is 6.08 Å². The maximum atomic E-state index is 11.4. The highest BCUT2D eigenvalue weighted by Crippen LogP contribution is 2.15. The van der Waals surface area contributed by atoms with Gasteiger partial charge in [-0.1, -0.05) is 6.08 Å². The Labute approximate surface area is 113 Å². The van der Waals surface area contributed by atoms with Crippen molar-refractivity contribution >= 4 is 12.2 Å². The van der Waals surface area contributed by atoms with Crippen molar-refractivity contribution in [2.24, 2.45) is 0 Å². The molecule has 1 heterocycles. The molecule has 1 amide bonds. The van der Waals surface area contributed by atoms with E-state index >= 15 is 0 Å². The van der Waals surface area contributed by atoms with Gasteiger partial charge in [-0.25, -0.2) is 4.79 Å². The fraction of sp³-hybridized carbons (Fsp3) is 0.429. The Kier molecular flexibility index (Phi) is 5.36. The van der Waals surface area contributed by atoms with Gasteiger partial charge in [-0.05, 0) is 39.0 Å². The maximum Gasteiger partial charge on any atom is 0.407 e. The molecular formula is C14H20N2O3. The number of carbonyl (C=O) groups is 1. The third kappa shape index (κ3) is 5.90. The van der Waals surface area contributed by atoms with Gasteiger partial charge in [0.05, 0.1) is 7.11 Å². The van der Waals surface area contributed by atoms with E-state index in [1.165, 1.54) is 0 Å². The fourth-order valence-corrected chi connectivity index (χ4v) is 1.33. The molecule has 0 bridgehead atoms. The molecule has 5 heteroatoms. The number of nitrogens with zero attached hydrogens (tertiary/aromatic N) is 1. The molecule has 0 saturated heterocycles. The normalized spacial score (nSPS) is 11.4. The third-order valence-corrected chi connectivity index (χ3v) is 2.06. The van der Waals surface area contributed by atoms with Crippen LogP contribution < -0.4 is 10.1 Å². The van der Waals surface area contributed by atoms with Crippen molar-refractivity contribution in [1.29, 1.82) is 0 Å². The Morgan fingerprint density at radius 3 is 2.84 bits per heavy atom. The molecule has 1 rings (SSSR count). The molecule has 0 aliphatic rings. The average molecular weight is 264 g/mol. The number of nitrogens with one attached hydrogen (secondary N) is 1. The first kappa shape index (κ1) is 15.0. The smallest absolute Gasteiger partial charge is 0.407 e. The van der Waals surface area contributed by atoms with Crippen LogP contribution in [0.4, 0.5) is 4.79 Å². The minimum Gasteiger partial charge on any atom is -0.494 e. The van der Waals surface area contributed by atoms with Crippen molar-refractivity contribution < 1.29 is 14.3 Å². The molecular weight excluding hydrogens is 244 g/mol. The topological polar surface area (TPSA) is 60.5 Å². The lowest BCUT2D eigenvalue weighted by Crippen LogP contribution is -2.32. The number of methoxy groups -OCH3 is 1. The molecule has 0 aliphatic carbocycles. The summed E-state index contributed by atoms with van der Waals surface area (Å²) >= 11 is 0. The Morgan fingerprint density at radius 2 is 2.21 bits per heavy atom. The lowest BCUT2D eigenvalue weighted by Gasteiger charge is -2.19. The van der Waals surface area contributed by atoms with Crippen molar-refractivity contribution in [2.45, 2.75) is 26.4 Å². The summed E-state index contributed by atoms with van der Waals surface area (Å²) in [5.41, 5.74) is 0.230. The Balaban J connectivity index is 2.44. The summed E-state index contributed by atoms with van der Waals surface area (Å²) in [7, 11) is 1.59. The number of alkyl carbamates (subject to hydrolysis) is 1. The van der Waals surface area contributed by atoms with Crippen LogP contribution in [0.2, 0.25) is 0 Å². The number of hydrogen-bond donors (Lipinski definition) is 1. The largest absolute Gasteiger partial charge is 0.494 e.